The number of nitriles is 1. The van der Waals surface area contributed by atoms with E-state index in [1.165, 1.54) is 23.0 Å². The molecule has 0 saturated carbocycles. The van der Waals surface area contributed by atoms with Crippen LogP contribution in [0.5, 0.6) is 11.5 Å². The molecule has 2 heterocycles. The third kappa shape index (κ3) is 3.56. The van der Waals surface area contributed by atoms with Crippen LogP contribution in [0.1, 0.15) is 11.6 Å². The number of rotatable bonds is 5. The Morgan fingerprint density at radius 3 is 2.83 bits per heavy atom. The molecule has 9 nitrogen and oxygen atoms in total. The van der Waals surface area contributed by atoms with Crippen molar-refractivity contribution >= 4 is 27.9 Å². The second kappa shape index (κ2) is 7.59. The van der Waals surface area contributed by atoms with Gasteiger partial charge >= 0.3 is 0 Å². The minimum absolute atomic E-state index is 0.0699. The summed E-state index contributed by atoms with van der Waals surface area (Å²) in [4.78, 5) is 17.0. The maximum Gasteiger partial charge on any atom is 0.261 e. The largest absolute Gasteiger partial charge is 0.453 e. The first kappa shape index (κ1) is 19.0. The van der Waals surface area contributed by atoms with Crippen LogP contribution in [0.25, 0.3) is 10.9 Å². The highest BCUT2D eigenvalue weighted by Crippen LogP contribution is 2.33. The summed E-state index contributed by atoms with van der Waals surface area (Å²) >= 11 is -2.46. The van der Waals surface area contributed by atoms with Crippen LogP contribution in [0.15, 0.2) is 41.5 Å². The summed E-state index contributed by atoms with van der Waals surface area (Å²) in [6.07, 6.45) is 1.45. The number of aromatic nitrogens is 2. The Balaban J connectivity index is 1.76. The van der Waals surface area contributed by atoms with Crippen molar-refractivity contribution in [2.45, 2.75) is 6.04 Å². The van der Waals surface area contributed by atoms with Gasteiger partial charge in [-0.05, 0) is 30.3 Å². The summed E-state index contributed by atoms with van der Waals surface area (Å²) in [7, 11) is 0. The van der Waals surface area contributed by atoms with Crippen LogP contribution in [0.3, 0.4) is 0 Å². The van der Waals surface area contributed by atoms with Crippen molar-refractivity contribution in [1.29, 1.82) is 5.26 Å². The molecule has 0 spiro atoms. The van der Waals surface area contributed by atoms with Crippen LogP contribution in [0.4, 0.5) is 10.1 Å². The molecule has 0 bridgehead atoms. The lowest BCUT2D eigenvalue weighted by Gasteiger charge is -2.27. The normalized spacial score (nSPS) is 14.8. The van der Waals surface area contributed by atoms with E-state index in [9.17, 15) is 18.7 Å². The Hall–Kier alpha value is -3.33. The molecule has 4 rings (SSSR count). The molecule has 2 aromatic carbocycles. The second-order valence-electron chi connectivity index (χ2n) is 6.19. The van der Waals surface area contributed by atoms with Crippen LogP contribution in [-0.2, 0) is 16.0 Å². The number of ether oxygens (including phenoxy) is 2. The second-order valence-corrected chi connectivity index (χ2v) is 6.89. The number of hydrogen-bond donors (Lipinski definition) is 2. The predicted molar refractivity (Wildman–Crippen MR) is 101 cm³/mol. The Morgan fingerprint density at radius 1 is 1.38 bits per heavy atom. The molecule has 0 aliphatic carbocycles. The van der Waals surface area contributed by atoms with E-state index in [1.807, 2.05) is 0 Å². The van der Waals surface area contributed by atoms with E-state index in [1.54, 1.807) is 12.1 Å². The fraction of sp³-hybridized carbons (Fsp3) is 0.167. The van der Waals surface area contributed by atoms with Gasteiger partial charge in [0.15, 0.2) is 11.6 Å². The zero-order valence-electron chi connectivity index (χ0n) is 14.7. The van der Waals surface area contributed by atoms with E-state index in [-0.39, 0.29) is 34.0 Å². The quantitative estimate of drug-likeness (QED) is 0.611. The molecule has 148 valence electrons. The Morgan fingerprint density at radius 2 is 2.17 bits per heavy atom. The van der Waals surface area contributed by atoms with Gasteiger partial charge in [0.2, 0.25) is 0 Å². The van der Waals surface area contributed by atoms with Gasteiger partial charge in [0, 0.05) is 0 Å². The maximum atomic E-state index is 14.3. The lowest BCUT2D eigenvalue weighted by atomic mass is 10.1. The highest BCUT2D eigenvalue weighted by molar-refractivity contribution is 7.80. The summed E-state index contributed by atoms with van der Waals surface area (Å²) in [6.45, 7) is 0.845. The molecule has 0 amide bonds. The number of halogens is 1. The van der Waals surface area contributed by atoms with Crippen molar-refractivity contribution in [3.8, 4) is 17.6 Å². The molecule has 2 N–H and O–H groups in total. The van der Waals surface area contributed by atoms with Crippen molar-refractivity contribution in [2.75, 3.05) is 17.9 Å². The van der Waals surface area contributed by atoms with Gasteiger partial charge in [-0.3, -0.25) is 18.6 Å². The van der Waals surface area contributed by atoms with Gasteiger partial charge in [-0.2, -0.15) is 5.26 Å². The molecule has 3 aromatic rings. The van der Waals surface area contributed by atoms with Crippen LogP contribution in [-0.4, -0.2) is 31.5 Å². The Labute approximate surface area is 165 Å². The van der Waals surface area contributed by atoms with Crippen LogP contribution in [0.2, 0.25) is 0 Å². The van der Waals surface area contributed by atoms with Crippen LogP contribution in [0, 0.1) is 17.1 Å². The molecule has 1 unspecified atom stereocenters. The molecule has 1 fully saturated rings. The summed E-state index contributed by atoms with van der Waals surface area (Å²) < 4.78 is 48.5. The van der Waals surface area contributed by atoms with Gasteiger partial charge in [-0.1, -0.05) is 0 Å². The zero-order chi connectivity index (χ0) is 20.5. The third-order valence-electron chi connectivity index (χ3n) is 4.41. The standard InChI is InChI=1S/C18H13FN4O5S/c19-14-2-4-16(22-29(25)26)13(6-20)17(14)28-11-1-3-15-12(5-11)18(24)23(9-21-15)10-7-27-8-10/h1-5,9-10,22H,7-8H2,(H,25,26). The van der Waals surface area contributed by atoms with Gasteiger partial charge in [0.25, 0.3) is 16.8 Å². The van der Waals surface area contributed by atoms with Gasteiger partial charge in [-0.15, -0.1) is 0 Å². The number of anilines is 1. The van der Waals surface area contributed by atoms with E-state index >= 15 is 0 Å². The summed E-state index contributed by atoms with van der Waals surface area (Å²) in [5, 5.41) is 9.63. The van der Waals surface area contributed by atoms with Gasteiger partial charge in [0.05, 0.1) is 42.2 Å². The SMILES string of the molecule is N#Cc1c(NS(=O)O)ccc(F)c1Oc1ccc2ncn(C3COC3)c(=O)c2c1. The van der Waals surface area contributed by atoms with Crippen molar-refractivity contribution < 1.29 is 22.6 Å². The number of nitrogens with zero attached hydrogens (tertiary/aromatic N) is 3. The minimum Gasteiger partial charge on any atom is -0.453 e. The van der Waals surface area contributed by atoms with E-state index in [0.717, 1.165) is 12.1 Å². The third-order valence-corrected chi connectivity index (χ3v) is 4.80. The molecule has 1 aromatic heterocycles. The first-order valence-corrected chi connectivity index (χ1v) is 9.45. The molecule has 1 aliphatic heterocycles. The monoisotopic (exact) mass is 416 g/mol. The molecule has 1 aliphatic rings. The summed E-state index contributed by atoms with van der Waals surface area (Å²) in [5.74, 6) is -1.17. The highest BCUT2D eigenvalue weighted by atomic mass is 32.2. The van der Waals surface area contributed by atoms with E-state index in [0.29, 0.717) is 18.7 Å². The molecule has 1 atom stereocenters. The van der Waals surface area contributed by atoms with E-state index in [4.69, 9.17) is 14.0 Å². The molecular weight excluding hydrogens is 403 g/mol. The lowest BCUT2D eigenvalue weighted by molar-refractivity contribution is -0.0250. The Bertz CT molecular complexity index is 1240. The van der Waals surface area contributed by atoms with Crippen LogP contribution < -0.4 is 15.0 Å². The Kier molecular flexibility index (Phi) is 4.98. The first-order valence-electron chi connectivity index (χ1n) is 8.34. The predicted octanol–water partition coefficient (Wildman–Crippen LogP) is 2.32. The average molecular weight is 416 g/mol. The molecule has 29 heavy (non-hydrogen) atoms. The highest BCUT2D eigenvalue weighted by Gasteiger charge is 2.23. The van der Waals surface area contributed by atoms with Crippen molar-refractivity contribution in [3.05, 3.63) is 58.4 Å². The fourth-order valence-electron chi connectivity index (χ4n) is 2.89. The minimum atomic E-state index is -2.46. The fourth-order valence-corrected chi connectivity index (χ4v) is 3.25. The number of fused-ring (bicyclic) bond motifs is 1. The zero-order valence-corrected chi connectivity index (χ0v) is 15.5. The number of hydrogen-bond acceptors (Lipinski definition) is 6. The van der Waals surface area contributed by atoms with Crippen LogP contribution >= 0.6 is 0 Å². The van der Waals surface area contributed by atoms with Crippen molar-refractivity contribution in [1.82, 2.24) is 9.55 Å². The van der Waals surface area contributed by atoms with E-state index < -0.39 is 22.8 Å². The van der Waals surface area contributed by atoms with Gasteiger partial charge in [-0.25, -0.2) is 13.6 Å². The first-order chi connectivity index (χ1) is 14.0. The topological polar surface area (TPSA) is 126 Å². The number of nitrogens with one attached hydrogen (secondary N) is 1. The lowest BCUT2D eigenvalue weighted by Crippen LogP contribution is -2.37. The smallest absolute Gasteiger partial charge is 0.261 e. The van der Waals surface area contributed by atoms with Gasteiger partial charge in [0.1, 0.15) is 17.4 Å². The molecule has 0 radical (unpaired) electrons. The summed E-state index contributed by atoms with van der Waals surface area (Å²) in [6, 6.07) is 8.25. The van der Waals surface area contributed by atoms with Crippen molar-refractivity contribution in [3.63, 3.8) is 0 Å². The molecular formula is C18H13FN4O5S. The maximum absolute atomic E-state index is 14.3. The van der Waals surface area contributed by atoms with Crippen molar-refractivity contribution in [2.24, 2.45) is 0 Å². The van der Waals surface area contributed by atoms with E-state index in [2.05, 4.69) is 9.71 Å². The summed E-state index contributed by atoms with van der Waals surface area (Å²) in [5.41, 5.74) is -0.214. The molecule has 1 saturated heterocycles. The molecule has 11 heteroatoms. The average Bonchev–Trinajstić information content (AvgIpc) is 2.65. The van der Waals surface area contributed by atoms with Gasteiger partial charge < -0.3 is 9.47 Å². The number of benzene rings is 2.